The SMILES string of the molecule is COc1ccc(-c2ccc3occ(C(=O)O)c(=O)c3c2)cc1S(=O)(=O)NCc1ccccc1. The van der Waals surface area contributed by atoms with Gasteiger partial charge in [-0.1, -0.05) is 42.5 Å². The molecule has 0 bridgehead atoms. The molecule has 0 saturated heterocycles. The number of carboxylic acids is 1. The molecule has 0 amide bonds. The third kappa shape index (κ3) is 4.50. The molecule has 9 heteroatoms. The van der Waals surface area contributed by atoms with E-state index < -0.39 is 27.0 Å². The van der Waals surface area contributed by atoms with Gasteiger partial charge in [0.05, 0.1) is 12.5 Å². The normalized spacial score (nSPS) is 11.4. The quantitative estimate of drug-likeness (QED) is 0.427. The van der Waals surface area contributed by atoms with E-state index in [0.29, 0.717) is 11.1 Å². The highest BCUT2D eigenvalue weighted by Crippen LogP contribution is 2.31. The molecule has 0 fully saturated rings. The predicted molar refractivity (Wildman–Crippen MR) is 122 cm³/mol. The Labute approximate surface area is 189 Å². The molecule has 0 saturated carbocycles. The molecule has 4 rings (SSSR count). The molecule has 0 spiro atoms. The van der Waals surface area contributed by atoms with Crippen LogP contribution in [0.1, 0.15) is 15.9 Å². The van der Waals surface area contributed by atoms with Crippen LogP contribution in [0.4, 0.5) is 0 Å². The molecule has 2 N–H and O–H groups in total. The van der Waals surface area contributed by atoms with E-state index in [1.54, 1.807) is 12.1 Å². The van der Waals surface area contributed by atoms with Gasteiger partial charge in [0, 0.05) is 6.54 Å². The Hall–Kier alpha value is -3.95. The van der Waals surface area contributed by atoms with Gasteiger partial charge in [-0.3, -0.25) is 4.79 Å². The van der Waals surface area contributed by atoms with Crippen molar-refractivity contribution in [3.05, 3.63) is 94.3 Å². The van der Waals surface area contributed by atoms with Crippen LogP contribution in [0.15, 0.2) is 87.1 Å². The first-order valence-corrected chi connectivity index (χ1v) is 11.3. The lowest BCUT2D eigenvalue weighted by Gasteiger charge is -2.13. The van der Waals surface area contributed by atoms with Crippen LogP contribution in [-0.2, 0) is 16.6 Å². The van der Waals surface area contributed by atoms with Crippen molar-refractivity contribution in [1.29, 1.82) is 0 Å². The molecule has 3 aromatic carbocycles. The van der Waals surface area contributed by atoms with Crippen molar-refractivity contribution < 1.29 is 27.5 Å². The zero-order valence-corrected chi connectivity index (χ0v) is 18.3. The third-order valence-corrected chi connectivity index (χ3v) is 6.52. The number of benzene rings is 3. The van der Waals surface area contributed by atoms with Gasteiger partial charge >= 0.3 is 5.97 Å². The summed E-state index contributed by atoms with van der Waals surface area (Å²) in [7, 11) is -2.56. The van der Waals surface area contributed by atoms with E-state index in [1.807, 2.05) is 30.3 Å². The number of sulfonamides is 1. The number of nitrogens with one attached hydrogen (secondary N) is 1. The number of rotatable bonds is 7. The summed E-state index contributed by atoms with van der Waals surface area (Å²) < 4.78 is 39.1. The number of aromatic carboxylic acids is 1. The Morgan fingerprint density at radius 1 is 1.03 bits per heavy atom. The number of carboxylic acid groups (broad SMARTS) is 1. The smallest absolute Gasteiger partial charge is 0.342 e. The molecule has 0 radical (unpaired) electrons. The van der Waals surface area contributed by atoms with Crippen molar-refractivity contribution in [3.63, 3.8) is 0 Å². The largest absolute Gasteiger partial charge is 0.495 e. The van der Waals surface area contributed by atoms with Gasteiger partial charge in [0.15, 0.2) is 0 Å². The molecule has 168 valence electrons. The van der Waals surface area contributed by atoms with Crippen LogP contribution in [0, 0.1) is 0 Å². The zero-order chi connectivity index (χ0) is 23.6. The monoisotopic (exact) mass is 465 g/mol. The van der Waals surface area contributed by atoms with Gasteiger partial charge in [-0.2, -0.15) is 0 Å². The molecule has 0 aliphatic carbocycles. The maximum absolute atomic E-state index is 13.0. The van der Waals surface area contributed by atoms with Gasteiger partial charge in [0.25, 0.3) is 0 Å². The van der Waals surface area contributed by atoms with Crippen molar-refractivity contribution in [1.82, 2.24) is 4.72 Å². The highest BCUT2D eigenvalue weighted by molar-refractivity contribution is 7.89. The second kappa shape index (κ2) is 8.89. The van der Waals surface area contributed by atoms with Crippen LogP contribution < -0.4 is 14.9 Å². The maximum Gasteiger partial charge on any atom is 0.342 e. The van der Waals surface area contributed by atoms with Crippen LogP contribution in [-0.4, -0.2) is 26.6 Å². The minimum absolute atomic E-state index is 0.0650. The molecule has 0 unspecified atom stereocenters. The summed E-state index contributed by atoms with van der Waals surface area (Å²) in [4.78, 5) is 23.7. The van der Waals surface area contributed by atoms with Gasteiger partial charge < -0.3 is 14.3 Å². The van der Waals surface area contributed by atoms with Crippen molar-refractivity contribution in [2.24, 2.45) is 0 Å². The summed E-state index contributed by atoms with van der Waals surface area (Å²) in [5.74, 6) is -1.23. The van der Waals surface area contributed by atoms with Crippen molar-refractivity contribution >= 4 is 27.0 Å². The van der Waals surface area contributed by atoms with Crippen LogP contribution >= 0.6 is 0 Å². The Morgan fingerprint density at radius 3 is 2.42 bits per heavy atom. The first-order valence-electron chi connectivity index (χ1n) is 9.81. The molecule has 0 atom stereocenters. The molecular weight excluding hydrogens is 446 g/mol. The summed E-state index contributed by atoms with van der Waals surface area (Å²) in [5.41, 5.74) is 0.864. The van der Waals surface area contributed by atoms with E-state index in [1.165, 1.54) is 31.4 Å². The molecular formula is C24H19NO7S. The first kappa shape index (κ1) is 22.3. The number of fused-ring (bicyclic) bond motifs is 1. The number of ether oxygens (including phenoxy) is 1. The van der Waals surface area contributed by atoms with Crippen molar-refractivity contribution in [2.75, 3.05) is 7.11 Å². The molecule has 4 aromatic rings. The zero-order valence-electron chi connectivity index (χ0n) is 17.4. The molecule has 8 nitrogen and oxygen atoms in total. The second-order valence-electron chi connectivity index (χ2n) is 7.17. The first-order chi connectivity index (χ1) is 15.8. The fourth-order valence-corrected chi connectivity index (χ4v) is 4.59. The van der Waals surface area contributed by atoms with Crippen molar-refractivity contribution in [2.45, 2.75) is 11.4 Å². The number of carbonyl (C=O) groups is 1. The van der Waals surface area contributed by atoms with E-state index >= 15 is 0 Å². The predicted octanol–water partition coefficient (Wildman–Crippen LogP) is 3.65. The molecule has 1 aromatic heterocycles. The molecule has 1 heterocycles. The number of hydrogen-bond acceptors (Lipinski definition) is 6. The topological polar surface area (TPSA) is 123 Å². The minimum atomic E-state index is -3.93. The minimum Gasteiger partial charge on any atom is -0.495 e. The van der Waals surface area contributed by atoms with Crippen LogP contribution in [0.5, 0.6) is 5.75 Å². The van der Waals surface area contributed by atoms with E-state index in [-0.39, 0.29) is 28.2 Å². The van der Waals surface area contributed by atoms with Crippen LogP contribution in [0.25, 0.3) is 22.1 Å². The van der Waals surface area contributed by atoms with E-state index in [4.69, 9.17) is 9.15 Å². The summed E-state index contributed by atoms with van der Waals surface area (Å²) in [6.07, 6.45) is 0.906. The lowest BCUT2D eigenvalue weighted by atomic mass is 10.0. The number of methoxy groups -OCH3 is 1. The van der Waals surface area contributed by atoms with Gasteiger partial charge in [0.1, 0.15) is 28.1 Å². The summed E-state index contributed by atoms with van der Waals surface area (Å²) >= 11 is 0. The average Bonchev–Trinajstić information content (AvgIpc) is 2.83. The lowest BCUT2D eigenvalue weighted by molar-refractivity contribution is 0.0693. The van der Waals surface area contributed by atoms with Gasteiger partial charge in [0.2, 0.25) is 15.5 Å². The number of hydrogen-bond donors (Lipinski definition) is 2. The van der Waals surface area contributed by atoms with Crippen LogP contribution in [0.2, 0.25) is 0 Å². The summed E-state index contributed by atoms with van der Waals surface area (Å²) in [5, 5.41) is 9.26. The average molecular weight is 465 g/mol. The Balaban J connectivity index is 1.76. The standard InChI is InChI=1S/C24H19NO7S/c1-31-21-10-8-17(12-22(21)33(29,30)25-13-15-5-3-2-4-6-15)16-7-9-20-18(11-16)23(26)19(14-32-20)24(27)28/h2-12,14,25H,13H2,1H3,(H,27,28). The Kier molecular flexibility index (Phi) is 5.99. The maximum atomic E-state index is 13.0. The molecule has 0 aliphatic heterocycles. The highest BCUT2D eigenvalue weighted by atomic mass is 32.2. The second-order valence-corrected chi connectivity index (χ2v) is 8.91. The van der Waals surface area contributed by atoms with E-state index in [2.05, 4.69) is 4.72 Å². The highest BCUT2D eigenvalue weighted by Gasteiger charge is 2.21. The fourth-order valence-electron chi connectivity index (χ4n) is 3.38. The Bertz CT molecular complexity index is 1510. The van der Waals surface area contributed by atoms with Gasteiger partial charge in [-0.15, -0.1) is 0 Å². The Morgan fingerprint density at radius 2 is 1.73 bits per heavy atom. The molecule has 33 heavy (non-hydrogen) atoms. The van der Waals surface area contributed by atoms with Crippen LogP contribution in [0.3, 0.4) is 0 Å². The lowest BCUT2D eigenvalue weighted by Crippen LogP contribution is -2.23. The van der Waals surface area contributed by atoms with E-state index in [0.717, 1.165) is 11.8 Å². The fraction of sp³-hybridized carbons (Fsp3) is 0.0833. The summed E-state index contributed by atoms with van der Waals surface area (Å²) in [6.45, 7) is 0.103. The summed E-state index contributed by atoms with van der Waals surface area (Å²) in [6, 6.07) is 18.4. The molecule has 0 aliphatic rings. The van der Waals surface area contributed by atoms with Crippen molar-refractivity contribution in [3.8, 4) is 16.9 Å². The van der Waals surface area contributed by atoms with Gasteiger partial charge in [-0.25, -0.2) is 17.9 Å². The van der Waals surface area contributed by atoms with E-state index in [9.17, 15) is 23.1 Å². The third-order valence-electron chi connectivity index (χ3n) is 5.10. The van der Waals surface area contributed by atoms with Gasteiger partial charge in [-0.05, 0) is 41.0 Å².